The van der Waals surface area contributed by atoms with E-state index >= 15 is 0 Å². The molecule has 0 unspecified atom stereocenters. The third-order valence-electron chi connectivity index (χ3n) is 4.49. The van der Waals surface area contributed by atoms with Gasteiger partial charge < -0.3 is 0 Å². The van der Waals surface area contributed by atoms with E-state index < -0.39 is 10.0 Å². The Labute approximate surface area is 171 Å². The van der Waals surface area contributed by atoms with Gasteiger partial charge in [0, 0.05) is 27.8 Å². The first kappa shape index (κ1) is 18.8. The van der Waals surface area contributed by atoms with Crippen LogP contribution in [0.2, 0.25) is 0 Å². The minimum atomic E-state index is -3.70. The molecule has 3 aromatic rings. The van der Waals surface area contributed by atoms with Gasteiger partial charge in [0.25, 0.3) is 10.0 Å². The molecule has 0 fully saturated rings. The minimum absolute atomic E-state index is 0.178. The van der Waals surface area contributed by atoms with Crippen LogP contribution in [0, 0.1) is 5.82 Å². The summed E-state index contributed by atoms with van der Waals surface area (Å²) < 4.78 is 42.2. The Bertz CT molecular complexity index is 1180. The van der Waals surface area contributed by atoms with Crippen molar-refractivity contribution >= 4 is 37.4 Å². The summed E-state index contributed by atoms with van der Waals surface area (Å²) in [5, 5.41) is 0. The van der Waals surface area contributed by atoms with E-state index in [1.54, 1.807) is 36.4 Å². The molecule has 3 aromatic carbocycles. The number of rotatable bonds is 4. The molecule has 0 amide bonds. The fourth-order valence-electron chi connectivity index (χ4n) is 3.18. The van der Waals surface area contributed by atoms with Crippen molar-refractivity contribution < 1.29 is 12.8 Å². The fourth-order valence-corrected chi connectivity index (χ4v) is 4.49. The molecule has 0 spiro atoms. The molecule has 142 valence electrons. The summed E-state index contributed by atoms with van der Waals surface area (Å²) in [6, 6.07) is 18.2. The molecular weight excluding hydrogens is 443 g/mol. The molecule has 0 saturated heterocycles. The highest BCUT2D eigenvalue weighted by Gasteiger charge is 2.18. The summed E-state index contributed by atoms with van der Waals surface area (Å²) >= 11 is 3.30. The number of hydrogen-bond donors (Lipinski definition) is 1. The summed E-state index contributed by atoms with van der Waals surface area (Å²) in [4.78, 5) is 4.77. The highest BCUT2D eigenvalue weighted by atomic mass is 79.9. The Kier molecular flexibility index (Phi) is 5.03. The molecule has 4 nitrogen and oxygen atoms in total. The van der Waals surface area contributed by atoms with Gasteiger partial charge in [0.2, 0.25) is 0 Å². The van der Waals surface area contributed by atoms with Crippen molar-refractivity contribution in [3.8, 4) is 0 Å². The van der Waals surface area contributed by atoms with Gasteiger partial charge in [0.1, 0.15) is 5.82 Å². The molecule has 28 heavy (non-hydrogen) atoms. The van der Waals surface area contributed by atoms with Crippen molar-refractivity contribution in [2.45, 2.75) is 11.3 Å². The van der Waals surface area contributed by atoms with Crippen LogP contribution in [0.3, 0.4) is 0 Å². The summed E-state index contributed by atoms with van der Waals surface area (Å²) in [5.74, 6) is -0.268. The molecule has 0 saturated carbocycles. The van der Waals surface area contributed by atoms with Crippen LogP contribution >= 0.6 is 15.9 Å². The molecule has 7 heteroatoms. The zero-order valence-electron chi connectivity index (χ0n) is 14.7. The summed E-state index contributed by atoms with van der Waals surface area (Å²) in [7, 11) is -3.70. The average Bonchev–Trinajstić information content (AvgIpc) is 2.67. The maximum Gasteiger partial charge on any atom is 0.261 e. The second-order valence-corrected chi connectivity index (χ2v) is 9.02. The zero-order valence-corrected chi connectivity index (χ0v) is 17.1. The Morgan fingerprint density at radius 2 is 1.79 bits per heavy atom. The smallest absolute Gasteiger partial charge is 0.261 e. The van der Waals surface area contributed by atoms with Gasteiger partial charge in [-0.1, -0.05) is 28.1 Å². The van der Waals surface area contributed by atoms with Crippen molar-refractivity contribution in [1.29, 1.82) is 0 Å². The predicted molar refractivity (Wildman–Crippen MR) is 112 cm³/mol. The number of sulfonamides is 1. The number of anilines is 1. The van der Waals surface area contributed by atoms with Crippen LogP contribution in [0.4, 0.5) is 10.1 Å². The van der Waals surface area contributed by atoms with Crippen LogP contribution in [0.25, 0.3) is 0 Å². The van der Waals surface area contributed by atoms with Gasteiger partial charge in [-0.25, -0.2) is 12.8 Å². The van der Waals surface area contributed by atoms with Crippen LogP contribution in [-0.4, -0.2) is 20.7 Å². The van der Waals surface area contributed by atoms with E-state index in [4.69, 9.17) is 0 Å². The molecule has 1 N–H and O–H groups in total. The average molecular weight is 459 g/mol. The molecule has 0 aliphatic carbocycles. The zero-order chi connectivity index (χ0) is 19.7. The second kappa shape index (κ2) is 7.48. The summed E-state index contributed by atoms with van der Waals surface area (Å²) in [5.41, 5.74) is 3.75. The van der Waals surface area contributed by atoms with E-state index in [2.05, 4.69) is 25.6 Å². The fraction of sp³-hybridized carbons (Fsp3) is 0.0952. The Morgan fingerprint density at radius 3 is 2.57 bits per heavy atom. The van der Waals surface area contributed by atoms with Crippen LogP contribution < -0.4 is 4.72 Å². The van der Waals surface area contributed by atoms with Crippen molar-refractivity contribution in [2.75, 3.05) is 11.3 Å². The lowest BCUT2D eigenvalue weighted by Gasteiger charge is -2.18. The van der Waals surface area contributed by atoms with Gasteiger partial charge in [0.05, 0.1) is 10.6 Å². The van der Waals surface area contributed by atoms with E-state index in [9.17, 15) is 12.8 Å². The van der Waals surface area contributed by atoms with Gasteiger partial charge in [-0.15, -0.1) is 0 Å². The van der Waals surface area contributed by atoms with Gasteiger partial charge in [-0.2, -0.15) is 0 Å². The molecule has 0 radical (unpaired) electrons. The van der Waals surface area contributed by atoms with Gasteiger partial charge >= 0.3 is 0 Å². The van der Waals surface area contributed by atoms with E-state index in [0.29, 0.717) is 18.7 Å². The lowest BCUT2D eigenvalue weighted by atomic mass is 9.93. The molecule has 0 bridgehead atoms. The van der Waals surface area contributed by atoms with Crippen LogP contribution in [-0.2, 0) is 16.4 Å². The quantitative estimate of drug-likeness (QED) is 0.611. The highest BCUT2D eigenvalue weighted by Crippen LogP contribution is 2.24. The number of hydrogen-bond acceptors (Lipinski definition) is 3. The lowest BCUT2D eigenvalue weighted by Crippen LogP contribution is -2.16. The van der Waals surface area contributed by atoms with Gasteiger partial charge in [0.15, 0.2) is 0 Å². The number of aliphatic imine (C=N–C) groups is 1. The van der Waals surface area contributed by atoms with E-state index in [-0.39, 0.29) is 10.7 Å². The van der Waals surface area contributed by atoms with Crippen LogP contribution in [0.5, 0.6) is 0 Å². The van der Waals surface area contributed by atoms with E-state index in [1.165, 1.54) is 24.3 Å². The molecule has 1 aliphatic heterocycles. The van der Waals surface area contributed by atoms with E-state index in [0.717, 1.165) is 26.9 Å². The maximum atomic E-state index is 13.5. The SMILES string of the molecule is O=S(=O)(Nc1cccc(C2=NCCc3cc(F)ccc32)c1)c1ccc(Br)cc1. The second-order valence-electron chi connectivity index (χ2n) is 6.42. The molecule has 0 aromatic heterocycles. The largest absolute Gasteiger partial charge is 0.284 e. The third-order valence-corrected chi connectivity index (χ3v) is 6.41. The lowest BCUT2D eigenvalue weighted by molar-refractivity contribution is 0.601. The first-order valence-electron chi connectivity index (χ1n) is 8.64. The topological polar surface area (TPSA) is 58.5 Å². The molecule has 4 rings (SSSR count). The minimum Gasteiger partial charge on any atom is -0.284 e. The first-order valence-corrected chi connectivity index (χ1v) is 10.9. The third kappa shape index (κ3) is 3.86. The van der Waals surface area contributed by atoms with Gasteiger partial charge in [-0.3, -0.25) is 9.71 Å². The van der Waals surface area contributed by atoms with Crippen LogP contribution in [0.1, 0.15) is 16.7 Å². The standard InChI is InChI=1S/C21H16BrFN2O2S/c22-16-4-7-19(8-5-16)28(26,27)25-18-3-1-2-15(13-18)21-20-9-6-17(23)12-14(20)10-11-24-21/h1-9,12-13,25H,10-11H2. The molecule has 1 aliphatic rings. The first-order chi connectivity index (χ1) is 13.4. The Morgan fingerprint density at radius 1 is 1.00 bits per heavy atom. The molecule has 0 atom stereocenters. The maximum absolute atomic E-state index is 13.5. The molecular formula is C21H16BrFN2O2S. The number of nitrogens with zero attached hydrogens (tertiary/aromatic N) is 1. The van der Waals surface area contributed by atoms with Crippen molar-refractivity contribution in [3.63, 3.8) is 0 Å². The van der Waals surface area contributed by atoms with Gasteiger partial charge in [-0.05, 0) is 66.6 Å². The van der Waals surface area contributed by atoms with Crippen LogP contribution in [0.15, 0.2) is 81.1 Å². The van der Waals surface area contributed by atoms with E-state index in [1.807, 2.05) is 6.07 Å². The van der Waals surface area contributed by atoms with Crippen molar-refractivity contribution in [1.82, 2.24) is 0 Å². The number of halogens is 2. The van der Waals surface area contributed by atoms with Crippen molar-refractivity contribution in [2.24, 2.45) is 4.99 Å². The normalized spacial score (nSPS) is 13.6. The summed E-state index contributed by atoms with van der Waals surface area (Å²) in [6.45, 7) is 0.570. The Hall–Kier alpha value is -2.51. The molecule has 1 heterocycles. The number of benzene rings is 3. The monoisotopic (exact) mass is 458 g/mol. The number of nitrogens with one attached hydrogen (secondary N) is 1. The van der Waals surface area contributed by atoms with Crippen molar-refractivity contribution in [3.05, 3.63) is 93.7 Å². The highest BCUT2D eigenvalue weighted by molar-refractivity contribution is 9.10. The predicted octanol–water partition coefficient (Wildman–Crippen LogP) is 4.78. The number of fused-ring (bicyclic) bond motifs is 1. The Balaban J connectivity index is 1.66. The summed E-state index contributed by atoms with van der Waals surface area (Å²) in [6.07, 6.45) is 0.687.